The number of aliphatic imine (C=N–C) groups is 1. The molecule has 4 heteroatoms. The quantitative estimate of drug-likeness (QED) is 0.561. The van der Waals surface area contributed by atoms with Crippen molar-refractivity contribution in [3.05, 3.63) is 30.8 Å². The van der Waals surface area contributed by atoms with Crippen LogP contribution in [0.5, 0.6) is 0 Å². The second-order valence-corrected chi connectivity index (χ2v) is 1.72. The average molecular weight is 134 g/mol. The molecule has 1 aromatic heterocycles. The molecule has 0 amide bonds. The molecule has 0 unspecified atom stereocenters. The minimum absolute atomic E-state index is 0.463. The van der Waals surface area contributed by atoms with Gasteiger partial charge >= 0.3 is 0 Å². The number of hydrogen-bond acceptors (Lipinski definition) is 3. The number of aromatic nitrogens is 1. The first-order valence-corrected chi connectivity index (χ1v) is 2.80. The summed E-state index contributed by atoms with van der Waals surface area (Å²) in [5, 5.41) is 3.89. The van der Waals surface area contributed by atoms with E-state index in [1.165, 1.54) is 6.26 Å². The average Bonchev–Trinajstić information content (AvgIpc) is 2.59. The fourth-order valence-electron chi connectivity index (χ4n) is 0.686. The molecule has 0 N–H and O–H groups in total. The van der Waals surface area contributed by atoms with Crippen LogP contribution in [0, 0.1) is 0 Å². The van der Waals surface area contributed by atoms with Gasteiger partial charge in [-0.2, -0.15) is 0 Å². The number of oxazole rings is 1. The molecular formula is C6H4N3O. The summed E-state index contributed by atoms with van der Waals surface area (Å²) in [6.07, 6.45) is 6.25. The summed E-state index contributed by atoms with van der Waals surface area (Å²) in [5.74, 6) is 0.995. The van der Waals surface area contributed by atoms with Crippen molar-refractivity contribution >= 4 is 5.84 Å². The first-order valence-electron chi connectivity index (χ1n) is 2.80. The maximum Gasteiger partial charge on any atom is 0.264 e. The van der Waals surface area contributed by atoms with Crippen LogP contribution in [0.4, 0.5) is 0 Å². The van der Waals surface area contributed by atoms with Gasteiger partial charge in [0.15, 0.2) is 0 Å². The smallest absolute Gasteiger partial charge is 0.264 e. The summed E-state index contributed by atoms with van der Waals surface area (Å²) >= 11 is 0. The van der Waals surface area contributed by atoms with E-state index in [1.54, 1.807) is 18.6 Å². The Morgan fingerprint density at radius 3 is 2.90 bits per heavy atom. The van der Waals surface area contributed by atoms with Crippen molar-refractivity contribution in [2.24, 2.45) is 4.99 Å². The zero-order valence-electron chi connectivity index (χ0n) is 5.06. The molecule has 10 heavy (non-hydrogen) atoms. The minimum Gasteiger partial charge on any atom is -0.442 e. The minimum atomic E-state index is 0.463. The van der Waals surface area contributed by atoms with Gasteiger partial charge in [0.2, 0.25) is 5.84 Å². The number of hydrogen-bond donors (Lipinski definition) is 0. The number of amidine groups is 1. The molecule has 1 aliphatic heterocycles. The largest absolute Gasteiger partial charge is 0.442 e. The lowest BCUT2D eigenvalue weighted by Gasteiger charge is -1.88. The Kier molecular flexibility index (Phi) is 1.04. The van der Waals surface area contributed by atoms with Crippen LogP contribution < -0.4 is 5.32 Å². The van der Waals surface area contributed by atoms with Gasteiger partial charge in [-0.25, -0.2) is 15.3 Å². The molecule has 0 aliphatic carbocycles. The summed E-state index contributed by atoms with van der Waals surface area (Å²) < 4.78 is 4.94. The lowest BCUT2D eigenvalue weighted by molar-refractivity contribution is 0.545. The van der Waals surface area contributed by atoms with Crippen molar-refractivity contribution in [3.63, 3.8) is 0 Å². The lowest BCUT2D eigenvalue weighted by Crippen LogP contribution is -2.07. The van der Waals surface area contributed by atoms with E-state index in [4.69, 9.17) is 4.42 Å². The van der Waals surface area contributed by atoms with Crippen molar-refractivity contribution in [1.82, 2.24) is 10.3 Å². The molecule has 0 spiro atoms. The molecule has 2 rings (SSSR count). The van der Waals surface area contributed by atoms with Gasteiger partial charge in [0.1, 0.15) is 6.26 Å². The summed E-state index contributed by atoms with van der Waals surface area (Å²) in [4.78, 5) is 7.76. The zero-order valence-corrected chi connectivity index (χ0v) is 5.06. The van der Waals surface area contributed by atoms with E-state index >= 15 is 0 Å². The van der Waals surface area contributed by atoms with Crippen LogP contribution in [0.1, 0.15) is 5.89 Å². The monoisotopic (exact) mass is 134 g/mol. The highest BCUT2D eigenvalue weighted by Crippen LogP contribution is 2.00. The van der Waals surface area contributed by atoms with E-state index in [0.717, 1.165) is 0 Å². The molecule has 0 aromatic carbocycles. The van der Waals surface area contributed by atoms with E-state index in [9.17, 15) is 0 Å². The Balaban J connectivity index is 2.30. The Bertz CT molecular complexity index is 273. The van der Waals surface area contributed by atoms with Gasteiger partial charge in [0.05, 0.1) is 6.20 Å². The Hall–Kier alpha value is -1.58. The van der Waals surface area contributed by atoms with Crippen molar-refractivity contribution in [2.45, 2.75) is 0 Å². The van der Waals surface area contributed by atoms with Gasteiger partial charge < -0.3 is 4.42 Å². The van der Waals surface area contributed by atoms with Crippen LogP contribution in [-0.4, -0.2) is 10.8 Å². The molecule has 49 valence electrons. The topological polar surface area (TPSA) is 52.5 Å². The van der Waals surface area contributed by atoms with Gasteiger partial charge in [-0.05, 0) is 0 Å². The van der Waals surface area contributed by atoms with Crippen molar-refractivity contribution < 1.29 is 4.42 Å². The second-order valence-electron chi connectivity index (χ2n) is 1.72. The maximum absolute atomic E-state index is 4.94. The Morgan fingerprint density at radius 2 is 2.30 bits per heavy atom. The first-order chi connectivity index (χ1) is 4.97. The maximum atomic E-state index is 4.94. The zero-order chi connectivity index (χ0) is 6.81. The summed E-state index contributed by atoms with van der Waals surface area (Å²) in [6.45, 7) is 0. The molecule has 1 aliphatic rings. The molecule has 0 saturated heterocycles. The normalized spacial score (nSPS) is 15.0. The number of nitrogens with zero attached hydrogens (tertiary/aromatic N) is 3. The van der Waals surface area contributed by atoms with E-state index in [0.29, 0.717) is 11.7 Å². The van der Waals surface area contributed by atoms with Crippen LogP contribution in [0.25, 0.3) is 0 Å². The van der Waals surface area contributed by atoms with Gasteiger partial charge in [-0.3, -0.25) is 0 Å². The van der Waals surface area contributed by atoms with Crippen LogP contribution in [0.2, 0.25) is 0 Å². The molecule has 1 radical (unpaired) electrons. The SMILES string of the molecule is C1=CN=C(c2ncco2)[N]1. The van der Waals surface area contributed by atoms with E-state index in [-0.39, 0.29) is 0 Å². The van der Waals surface area contributed by atoms with Gasteiger partial charge in [-0.1, -0.05) is 0 Å². The standard InChI is InChI=1S/C6H4N3O/c1-2-8-5(7-1)6-9-3-4-10-6/h1-4H. The van der Waals surface area contributed by atoms with Crippen molar-refractivity contribution in [1.29, 1.82) is 0 Å². The molecule has 0 atom stereocenters. The lowest BCUT2D eigenvalue weighted by atomic mass is 10.6. The van der Waals surface area contributed by atoms with Crippen LogP contribution in [0.3, 0.4) is 0 Å². The molecule has 2 heterocycles. The molecular weight excluding hydrogens is 130 g/mol. The molecule has 1 aromatic rings. The van der Waals surface area contributed by atoms with Crippen molar-refractivity contribution in [2.75, 3.05) is 0 Å². The highest BCUT2D eigenvalue weighted by molar-refractivity contribution is 5.96. The van der Waals surface area contributed by atoms with Gasteiger partial charge in [0, 0.05) is 12.4 Å². The van der Waals surface area contributed by atoms with Crippen LogP contribution in [0.15, 0.2) is 34.3 Å². The fourth-order valence-corrected chi connectivity index (χ4v) is 0.686. The van der Waals surface area contributed by atoms with Crippen LogP contribution >= 0.6 is 0 Å². The molecule has 0 fully saturated rings. The summed E-state index contributed by atoms with van der Waals surface area (Å²) in [6, 6.07) is 0. The Morgan fingerprint density at radius 1 is 1.30 bits per heavy atom. The molecule has 0 saturated carbocycles. The second kappa shape index (κ2) is 1.98. The summed E-state index contributed by atoms with van der Waals surface area (Å²) in [5.41, 5.74) is 0. The fraction of sp³-hybridized carbons (Fsp3) is 0. The van der Waals surface area contributed by atoms with E-state index in [2.05, 4.69) is 15.3 Å². The van der Waals surface area contributed by atoms with E-state index in [1.807, 2.05) is 0 Å². The Labute approximate surface area is 57.3 Å². The third-order valence-corrected chi connectivity index (χ3v) is 1.08. The van der Waals surface area contributed by atoms with Crippen molar-refractivity contribution in [3.8, 4) is 0 Å². The highest BCUT2D eigenvalue weighted by Gasteiger charge is 2.09. The molecule has 0 bridgehead atoms. The van der Waals surface area contributed by atoms with Gasteiger partial charge in [-0.15, -0.1) is 0 Å². The molecule has 4 nitrogen and oxygen atoms in total. The highest BCUT2D eigenvalue weighted by atomic mass is 16.3. The third kappa shape index (κ3) is 0.699. The van der Waals surface area contributed by atoms with Gasteiger partial charge in [0.25, 0.3) is 5.89 Å². The number of rotatable bonds is 1. The van der Waals surface area contributed by atoms with Crippen LogP contribution in [-0.2, 0) is 0 Å². The predicted octanol–water partition coefficient (Wildman–Crippen LogP) is 0.510. The predicted molar refractivity (Wildman–Crippen MR) is 34.3 cm³/mol. The first kappa shape index (κ1) is 5.22. The summed E-state index contributed by atoms with van der Waals surface area (Å²) in [7, 11) is 0. The van der Waals surface area contributed by atoms with E-state index < -0.39 is 0 Å². The third-order valence-electron chi connectivity index (χ3n) is 1.08.